The second-order valence-corrected chi connectivity index (χ2v) is 7.99. The maximum Gasteiger partial charge on any atom is 0.295 e. The molecular formula is C25H30N2O7. The van der Waals surface area contributed by atoms with Crippen molar-refractivity contribution in [1.29, 1.82) is 0 Å². The molecule has 182 valence electrons. The van der Waals surface area contributed by atoms with Gasteiger partial charge in [0, 0.05) is 18.7 Å². The molecule has 1 saturated heterocycles. The highest BCUT2D eigenvalue weighted by Crippen LogP contribution is 2.45. The van der Waals surface area contributed by atoms with Gasteiger partial charge in [-0.1, -0.05) is 12.1 Å². The zero-order chi connectivity index (χ0) is 25.0. The van der Waals surface area contributed by atoms with Gasteiger partial charge in [-0.05, 0) is 43.9 Å². The van der Waals surface area contributed by atoms with Crippen molar-refractivity contribution < 1.29 is 33.6 Å². The third-order valence-corrected chi connectivity index (χ3v) is 5.67. The van der Waals surface area contributed by atoms with Crippen LogP contribution in [0, 0.1) is 0 Å². The Morgan fingerprint density at radius 1 is 0.971 bits per heavy atom. The van der Waals surface area contributed by atoms with E-state index in [0.29, 0.717) is 40.7 Å². The number of methoxy groups -OCH3 is 4. The Bertz CT molecular complexity index is 1090. The summed E-state index contributed by atoms with van der Waals surface area (Å²) in [5.41, 5.74) is 0.880. The summed E-state index contributed by atoms with van der Waals surface area (Å²) in [4.78, 5) is 29.7. The summed E-state index contributed by atoms with van der Waals surface area (Å²) in [6.07, 6.45) is 0. The quantitative estimate of drug-likeness (QED) is 0.339. The van der Waals surface area contributed by atoms with E-state index in [1.165, 1.54) is 33.3 Å². The molecule has 1 atom stereocenters. The van der Waals surface area contributed by atoms with Gasteiger partial charge >= 0.3 is 0 Å². The van der Waals surface area contributed by atoms with E-state index in [-0.39, 0.29) is 17.9 Å². The van der Waals surface area contributed by atoms with Crippen LogP contribution in [0.25, 0.3) is 5.76 Å². The van der Waals surface area contributed by atoms with Crippen molar-refractivity contribution in [3.05, 3.63) is 53.1 Å². The Labute approximate surface area is 199 Å². The van der Waals surface area contributed by atoms with Crippen molar-refractivity contribution >= 4 is 17.4 Å². The highest BCUT2D eigenvalue weighted by molar-refractivity contribution is 6.46. The van der Waals surface area contributed by atoms with Crippen LogP contribution >= 0.6 is 0 Å². The monoisotopic (exact) mass is 470 g/mol. The van der Waals surface area contributed by atoms with E-state index >= 15 is 0 Å². The highest BCUT2D eigenvalue weighted by atomic mass is 16.5. The van der Waals surface area contributed by atoms with E-state index in [9.17, 15) is 14.7 Å². The van der Waals surface area contributed by atoms with Gasteiger partial charge in [0.2, 0.25) is 5.75 Å². The Kier molecular flexibility index (Phi) is 7.68. The molecule has 1 aliphatic heterocycles. The van der Waals surface area contributed by atoms with Crippen LogP contribution in [-0.4, -0.2) is 82.2 Å². The van der Waals surface area contributed by atoms with Gasteiger partial charge in [0.1, 0.15) is 11.5 Å². The van der Waals surface area contributed by atoms with E-state index < -0.39 is 17.7 Å². The number of aliphatic hydroxyl groups is 1. The molecular weight excluding hydrogens is 440 g/mol. The summed E-state index contributed by atoms with van der Waals surface area (Å²) in [6.45, 7) is 0.793. The molecule has 2 aromatic carbocycles. The van der Waals surface area contributed by atoms with Gasteiger partial charge < -0.3 is 33.9 Å². The molecule has 0 spiro atoms. The first-order valence-corrected chi connectivity index (χ1v) is 10.6. The van der Waals surface area contributed by atoms with Crippen molar-refractivity contribution in [1.82, 2.24) is 9.80 Å². The minimum absolute atomic E-state index is 0.0220. The molecule has 0 bridgehead atoms. The topological polar surface area (TPSA) is 97.8 Å². The normalized spacial score (nSPS) is 17.3. The van der Waals surface area contributed by atoms with Crippen molar-refractivity contribution in [3.63, 3.8) is 0 Å². The van der Waals surface area contributed by atoms with Gasteiger partial charge in [0.05, 0.1) is 40.1 Å². The minimum Gasteiger partial charge on any atom is -0.507 e. The number of Topliss-reactive ketones (excluding diaryl/α,β-unsaturated/α-hetero) is 1. The highest BCUT2D eigenvalue weighted by Gasteiger charge is 2.46. The summed E-state index contributed by atoms with van der Waals surface area (Å²) in [7, 11) is 9.73. The van der Waals surface area contributed by atoms with Crippen LogP contribution < -0.4 is 18.9 Å². The van der Waals surface area contributed by atoms with Gasteiger partial charge in [-0.3, -0.25) is 9.59 Å². The number of rotatable bonds is 9. The molecule has 0 saturated carbocycles. The molecule has 0 aliphatic carbocycles. The maximum atomic E-state index is 13.2. The predicted octanol–water partition coefficient (Wildman–Crippen LogP) is 2.70. The van der Waals surface area contributed by atoms with E-state index in [2.05, 4.69) is 0 Å². The zero-order valence-electron chi connectivity index (χ0n) is 20.2. The number of nitrogens with zero attached hydrogens (tertiary/aromatic N) is 2. The van der Waals surface area contributed by atoms with Crippen LogP contribution in [0.15, 0.2) is 42.0 Å². The van der Waals surface area contributed by atoms with Crippen molar-refractivity contribution in [2.24, 2.45) is 0 Å². The van der Waals surface area contributed by atoms with Gasteiger partial charge in [-0.15, -0.1) is 0 Å². The number of ether oxygens (including phenoxy) is 4. The summed E-state index contributed by atoms with van der Waals surface area (Å²) in [6, 6.07) is 9.18. The fourth-order valence-corrected chi connectivity index (χ4v) is 3.95. The molecule has 1 heterocycles. The molecule has 2 aromatic rings. The number of amides is 1. The number of carbonyl (C=O) groups is 2. The Balaban J connectivity index is 2.26. The zero-order valence-corrected chi connectivity index (χ0v) is 20.2. The van der Waals surface area contributed by atoms with Gasteiger partial charge in [-0.2, -0.15) is 0 Å². The van der Waals surface area contributed by atoms with Gasteiger partial charge in [0.25, 0.3) is 11.7 Å². The lowest BCUT2D eigenvalue weighted by molar-refractivity contribution is -0.140. The Morgan fingerprint density at radius 3 is 2.15 bits per heavy atom. The predicted molar refractivity (Wildman–Crippen MR) is 127 cm³/mol. The van der Waals surface area contributed by atoms with Crippen LogP contribution in [0.1, 0.15) is 17.2 Å². The van der Waals surface area contributed by atoms with Crippen molar-refractivity contribution in [2.45, 2.75) is 6.04 Å². The third-order valence-electron chi connectivity index (χ3n) is 5.67. The standard InChI is InChI=1S/C25H30N2O7/c1-26(2)10-11-27-21(16-13-18(32-4)24(34-6)19(14-16)33-5)20(23(29)25(27)30)22(28)15-8-7-9-17(12-15)31-3/h7-9,12-14,21,28H,10-11H2,1-6H3/b22-20+. The Morgan fingerprint density at radius 2 is 1.62 bits per heavy atom. The number of likely N-dealkylation sites (N-methyl/N-ethyl adjacent to an activating group) is 1. The van der Waals surface area contributed by atoms with E-state index in [1.54, 1.807) is 36.4 Å². The molecule has 0 radical (unpaired) electrons. The lowest BCUT2D eigenvalue weighted by atomic mass is 9.94. The molecule has 9 nitrogen and oxygen atoms in total. The van der Waals surface area contributed by atoms with Crippen molar-refractivity contribution in [3.8, 4) is 23.0 Å². The Hall–Kier alpha value is -3.72. The summed E-state index contributed by atoms with van der Waals surface area (Å²) >= 11 is 0. The number of hydrogen-bond donors (Lipinski definition) is 1. The lowest BCUT2D eigenvalue weighted by Crippen LogP contribution is -2.35. The number of likely N-dealkylation sites (tertiary alicyclic amines) is 1. The second kappa shape index (κ2) is 10.5. The first-order valence-electron chi connectivity index (χ1n) is 10.6. The van der Waals surface area contributed by atoms with E-state index in [4.69, 9.17) is 18.9 Å². The smallest absolute Gasteiger partial charge is 0.295 e. The number of aliphatic hydroxyl groups excluding tert-OH is 1. The first-order chi connectivity index (χ1) is 16.3. The van der Waals surface area contributed by atoms with Crippen LogP contribution in [0.4, 0.5) is 0 Å². The van der Waals surface area contributed by atoms with E-state index in [1.807, 2.05) is 19.0 Å². The molecule has 0 aromatic heterocycles. The third kappa shape index (κ3) is 4.65. The molecule has 1 unspecified atom stereocenters. The number of ketones is 1. The summed E-state index contributed by atoms with van der Waals surface area (Å²) < 4.78 is 21.6. The molecule has 1 fully saturated rings. The minimum atomic E-state index is -0.861. The molecule has 1 amide bonds. The molecule has 3 rings (SSSR count). The second-order valence-electron chi connectivity index (χ2n) is 7.99. The van der Waals surface area contributed by atoms with Crippen molar-refractivity contribution in [2.75, 3.05) is 55.6 Å². The molecule has 34 heavy (non-hydrogen) atoms. The average Bonchev–Trinajstić information content (AvgIpc) is 3.10. The first kappa shape index (κ1) is 24.9. The lowest BCUT2D eigenvalue weighted by Gasteiger charge is -2.27. The number of benzene rings is 2. The molecule has 1 N–H and O–H groups in total. The average molecular weight is 471 g/mol. The molecule has 9 heteroatoms. The van der Waals surface area contributed by atoms with Gasteiger partial charge in [0.15, 0.2) is 11.5 Å². The largest absolute Gasteiger partial charge is 0.507 e. The van der Waals surface area contributed by atoms with Crippen LogP contribution in [0.5, 0.6) is 23.0 Å². The van der Waals surface area contributed by atoms with Gasteiger partial charge in [-0.25, -0.2) is 0 Å². The SMILES string of the molecule is COc1cccc(/C(O)=C2\C(=O)C(=O)N(CCN(C)C)C2c2cc(OC)c(OC)c(OC)c2)c1. The summed E-state index contributed by atoms with van der Waals surface area (Å²) in [5.74, 6) is -0.110. The van der Waals surface area contributed by atoms with Crippen LogP contribution in [0.2, 0.25) is 0 Å². The number of hydrogen-bond acceptors (Lipinski definition) is 8. The maximum absolute atomic E-state index is 13.2. The fraction of sp³-hybridized carbons (Fsp3) is 0.360. The van der Waals surface area contributed by atoms with Crippen LogP contribution in [-0.2, 0) is 9.59 Å². The van der Waals surface area contributed by atoms with Crippen LogP contribution in [0.3, 0.4) is 0 Å². The summed E-state index contributed by atoms with van der Waals surface area (Å²) in [5, 5.41) is 11.2. The van der Waals surface area contributed by atoms with E-state index in [0.717, 1.165) is 0 Å². The fourth-order valence-electron chi connectivity index (χ4n) is 3.95. The molecule has 1 aliphatic rings. The number of carbonyl (C=O) groups excluding carboxylic acids is 2.